The number of likely N-dealkylation sites (tertiary alicyclic amines) is 1. The second-order valence-electron chi connectivity index (χ2n) is 9.91. The maximum absolute atomic E-state index is 12.9. The van der Waals surface area contributed by atoms with Crippen LogP contribution in [0.5, 0.6) is 5.75 Å². The van der Waals surface area contributed by atoms with Crippen LogP contribution < -0.4 is 15.4 Å². The number of carbonyl (C=O) groups is 3. The molecule has 0 atom stereocenters. The highest BCUT2D eigenvalue weighted by Gasteiger charge is 2.32. The molecule has 0 aliphatic carbocycles. The van der Waals surface area contributed by atoms with Gasteiger partial charge < -0.3 is 24.8 Å². The lowest BCUT2D eigenvalue weighted by molar-refractivity contribution is -0.143. The molecule has 2 aromatic rings. The van der Waals surface area contributed by atoms with Crippen LogP contribution in [-0.2, 0) is 27.3 Å². The number of carbonyl (C=O) groups excluding carboxylic acids is 3. The summed E-state index contributed by atoms with van der Waals surface area (Å²) < 4.78 is 16.5. The van der Waals surface area contributed by atoms with Gasteiger partial charge in [-0.15, -0.1) is 0 Å². The van der Waals surface area contributed by atoms with Gasteiger partial charge in [0.2, 0.25) is 0 Å². The molecule has 2 aliphatic rings. The molecular formula is C30H37N3O6. The van der Waals surface area contributed by atoms with Crippen molar-refractivity contribution in [1.82, 2.24) is 4.90 Å². The third kappa shape index (κ3) is 7.17. The van der Waals surface area contributed by atoms with Crippen molar-refractivity contribution >= 4 is 29.3 Å². The lowest BCUT2D eigenvalue weighted by Crippen LogP contribution is -2.25. The van der Waals surface area contributed by atoms with E-state index in [2.05, 4.69) is 15.5 Å². The molecule has 0 bridgehead atoms. The Labute approximate surface area is 229 Å². The number of urea groups is 1. The SMILES string of the molecule is COc1c(C)c2c(c(NC(=O)Nc3ccccc3)c1C/C=C(\C)CCC(=O)OCCN1CCCC1)C(=O)OC2. The minimum Gasteiger partial charge on any atom is -0.496 e. The number of allylic oxidation sites excluding steroid dienone is 2. The van der Waals surface area contributed by atoms with Crippen LogP contribution in [0.3, 0.4) is 0 Å². The molecule has 0 radical (unpaired) electrons. The summed E-state index contributed by atoms with van der Waals surface area (Å²) in [7, 11) is 1.57. The third-order valence-electron chi connectivity index (χ3n) is 7.19. The second kappa shape index (κ2) is 13.3. The van der Waals surface area contributed by atoms with Gasteiger partial charge in [0.05, 0.1) is 18.4 Å². The highest BCUT2D eigenvalue weighted by molar-refractivity contribution is 6.08. The Hall–Kier alpha value is -3.85. The van der Waals surface area contributed by atoms with Crippen molar-refractivity contribution in [2.45, 2.75) is 52.6 Å². The normalized spacial score (nSPS) is 15.1. The first-order chi connectivity index (χ1) is 18.9. The highest BCUT2D eigenvalue weighted by atomic mass is 16.5. The monoisotopic (exact) mass is 535 g/mol. The number of fused-ring (bicyclic) bond motifs is 1. The van der Waals surface area contributed by atoms with Crippen LogP contribution in [0.2, 0.25) is 0 Å². The fourth-order valence-electron chi connectivity index (χ4n) is 5.03. The van der Waals surface area contributed by atoms with Gasteiger partial charge >= 0.3 is 18.0 Å². The van der Waals surface area contributed by atoms with Crippen LogP contribution in [0.4, 0.5) is 16.2 Å². The fourth-order valence-corrected chi connectivity index (χ4v) is 5.03. The summed E-state index contributed by atoms with van der Waals surface area (Å²) in [5.74, 6) is -0.104. The number of nitrogens with zero attached hydrogens (tertiary/aromatic N) is 1. The zero-order valence-corrected chi connectivity index (χ0v) is 22.9. The van der Waals surface area contributed by atoms with Crippen LogP contribution in [-0.4, -0.2) is 56.2 Å². The lowest BCUT2D eigenvalue weighted by Gasteiger charge is -2.20. The van der Waals surface area contributed by atoms with Gasteiger partial charge in [0.25, 0.3) is 0 Å². The standard InChI is InChI=1S/C30H37N3O6/c1-20(12-14-25(34)38-18-17-33-15-7-8-16-33)11-13-23-27(32-30(36)31-22-9-5-4-6-10-22)26-24(19-39-29(26)35)21(2)28(23)37-3/h4-6,9-11H,7-8,12-19H2,1-3H3,(H2,31,32,36)/b20-11+. The van der Waals surface area contributed by atoms with E-state index in [4.69, 9.17) is 14.2 Å². The maximum atomic E-state index is 12.9. The number of cyclic esters (lactones) is 1. The quantitative estimate of drug-likeness (QED) is 0.300. The van der Waals surface area contributed by atoms with Crippen molar-refractivity contribution in [3.8, 4) is 5.75 Å². The topological polar surface area (TPSA) is 106 Å². The Bertz CT molecular complexity index is 1240. The van der Waals surface area contributed by atoms with Crippen molar-refractivity contribution in [2.75, 3.05) is 44.0 Å². The molecule has 39 heavy (non-hydrogen) atoms. The average molecular weight is 536 g/mol. The lowest BCUT2D eigenvalue weighted by atomic mass is 9.93. The fraction of sp³-hybridized carbons (Fsp3) is 0.433. The van der Waals surface area contributed by atoms with E-state index in [1.807, 2.05) is 38.1 Å². The number of methoxy groups -OCH3 is 1. The molecule has 9 nitrogen and oxygen atoms in total. The van der Waals surface area contributed by atoms with E-state index < -0.39 is 12.0 Å². The predicted octanol–water partition coefficient (Wildman–Crippen LogP) is 5.23. The van der Waals surface area contributed by atoms with Crippen molar-refractivity contribution < 1.29 is 28.6 Å². The summed E-state index contributed by atoms with van der Waals surface area (Å²) in [5, 5.41) is 5.67. The Morgan fingerprint density at radius 1 is 1.10 bits per heavy atom. The predicted molar refractivity (Wildman–Crippen MR) is 149 cm³/mol. The number of ether oxygens (including phenoxy) is 3. The molecule has 4 rings (SSSR count). The molecule has 1 saturated heterocycles. The molecule has 208 valence electrons. The van der Waals surface area contributed by atoms with Gasteiger partial charge in [-0.25, -0.2) is 9.59 Å². The van der Waals surface area contributed by atoms with Gasteiger partial charge in [0, 0.05) is 29.8 Å². The zero-order chi connectivity index (χ0) is 27.8. The molecule has 1 fully saturated rings. The molecule has 2 amide bonds. The van der Waals surface area contributed by atoms with Gasteiger partial charge in [-0.2, -0.15) is 0 Å². The number of nitrogens with one attached hydrogen (secondary N) is 2. The van der Waals surface area contributed by atoms with Crippen molar-refractivity contribution in [3.05, 3.63) is 64.2 Å². The number of hydrogen-bond donors (Lipinski definition) is 2. The Balaban J connectivity index is 1.47. The van der Waals surface area contributed by atoms with Crippen molar-refractivity contribution in [2.24, 2.45) is 0 Å². The van der Waals surface area contributed by atoms with E-state index >= 15 is 0 Å². The molecule has 0 aromatic heterocycles. The Morgan fingerprint density at radius 3 is 2.56 bits per heavy atom. The average Bonchev–Trinajstić information content (AvgIpc) is 3.58. The smallest absolute Gasteiger partial charge is 0.341 e. The van der Waals surface area contributed by atoms with Crippen LogP contribution in [0, 0.1) is 6.92 Å². The summed E-state index contributed by atoms with van der Waals surface area (Å²) in [4.78, 5) is 40.2. The van der Waals surface area contributed by atoms with Gasteiger partial charge in [-0.05, 0) is 70.3 Å². The summed E-state index contributed by atoms with van der Waals surface area (Å²) in [6, 6.07) is 8.58. The third-order valence-corrected chi connectivity index (χ3v) is 7.19. The van der Waals surface area contributed by atoms with E-state index in [0.29, 0.717) is 59.7 Å². The summed E-state index contributed by atoms with van der Waals surface area (Å²) in [6.07, 6.45) is 5.64. The minimum atomic E-state index is -0.482. The van der Waals surface area contributed by atoms with E-state index in [1.165, 1.54) is 12.8 Å². The van der Waals surface area contributed by atoms with Crippen molar-refractivity contribution in [3.63, 3.8) is 0 Å². The van der Waals surface area contributed by atoms with Gasteiger partial charge in [0.1, 0.15) is 19.0 Å². The van der Waals surface area contributed by atoms with Gasteiger partial charge in [-0.3, -0.25) is 9.69 Å². The van der Waals surface area contributed by atoms with E-state index in [-0.39, 0.29) is 12.6 Å². The van der Waals surface area contributed by atoms with E-state index in [0.717, 1.165) is 30.8 Å². The second-order valence-corrected chi connectivity index (χ2v) is 9.91. The van der Waals surface area contributed by atoms with Crippen LogP contribution in [0.1, 0.15) is 59.7 Å². The molecule has 0 saturated carbocycles. The number of esters is 2. The number of rotatable bonds is 11. The summed E-state index contributed by atoms with van der Waals surface area (Å²) >= 11 is 0. The Morgan fingerprint density at radius 2 is 1.85 bits per heavy atom. The van der Waals surface area contributed by atoms with Gasteiger partial charge in [0.15, 0.2) is 0 Å². The van der Waals surface area contributed by atoms with Gasteiger partial charge in [-0.1, -0.05) is 29.8 Å². The highest BCUT2D eigenvalue weighted by Crippen LogP contribution is 2.41. The first kappa shape index (κ1) is 28.2. The number of para-hydroxylation sites is 1. The maximum Gasteiger partial charge on any atom is 0.341 e. The number of benzene rings is 2. The first-order valence-corrected chi connectivity index (χ1v) is 13.4. The molecule has 2 aliphatic heterocycles. The molecule has 9 heteroatoms. The minimum absolute atomic E-state index is 0.125. The molecule has 2 aromatic carbocycles. The molecular weight excluding hydrogens is 498 g/mol. The van der Waals surface area contributed by atoms with E-state index in [9.17, 15) is 14.4 Å². The number of hydrogen-bond acceptors (Lipinski definition) is 7. The largest absolute Gasteiger partial charge is 0.496 e. The summed E-state index contributed by atoms with van der Waals surface area (Å²) in [6.45, 7) is 7.32. The summed E-state index contributed by atoms with van der Waals surface area (Å²) in [5.41, 5.74) is 4.51. The molecule has 0 spiro atoms. The number of amides is 2. The van der Waals surface area contributed by atoms with E-state index in [1.54, 1.807) is 19.2 Å². The molecule has 0 unspecified atom stereocenters. The zero-order valence-electron chi connectivity index (χ0n) is 22.9. The molecule has 2 N–H and O–H groups in total. The van der Waals surface area contributed by atoms with Crippen LogP contribution in [0.15, 0.2) is 42.0 Å². The van der Waals surface area contributed by atoms with Crippen LogP contribution in [0.25, 0.3) is 0 Å². The number of anilines is 2. The van der Waals surface area contributed by atoms with Crippen LogP contribution >= 0.6 is 0 Å². The molecule has 2 heterocycles. The first-order valence-electron chi connectivity index (χ1n) is 13.4. The van der Waals surface area contributed by atoms with Crippen molar-refractivity contribution in [1.29, 1.82) is 0 Å². The Kier molecular flexibility index (Phi) is 9.59.